The molecule has 5 nitrogen and oxygen atoms in total. The van der Waals surface area contributed by atoms with Crippen molar-refractivity contribution < 1.29 is 23.9 Å². The minimum atomic E-state index is -0.289. The predicted molar refractivity (Wildman–Crippen MR) is 61.6 cm³/mol. The van der Waals surface area contributed by atoms with E-state index in [0.29, 0.717) is 48.0 Å². The highest BCUT2D eigenvalue weighted by Gasteiger charge is 2.99. The number of ether oxygens (including phenoxy) is 2. The van der Waals surface area contributed by atoms with Crippen LogP contribution in [0.3, 0.4) is 0 Å². The summed E-state index contributed by atoms with van der Waals surface area (Å²) < 4.78 is 10.2. The molecule has 6 aliphatic carbocycles. The average molecular weight is 274 g/mol. The lowest BCUT2D eigenvalue weighted by molar-refractivity contribution is -0.534. The first-order valence-electron chi connectivity index (χ1n) is 7.48. The van der Waals surface area contributed by atoms with Crippen molar-refractivity contribution in [3.63, 3.8) is 0 Å². The van der Waals surface area contributed by atoms with Gasteiger partial charge in [0.15, 0.2) is 0 Å². The molecule has 7 fully saturated rings. The average Bonchev–Trinajstić information content (AvgIpc) is 2.64. The van der Waals surface area contributed by atoms with Gasteiger partial charge in [-0.1, -0.05) is 0 Å². The molecule has 0 radical (unpaired) electrons. The van der Waals surface area contributed by atoms with Gasteiger partial charge in [0.05, 0.1) is 18.4 Å². The molecule has 7 rings (SSSR count). The van der Waals surface area contributed by atoms with Crippen LogP contribution in [0.15, 0.2) is 0 Å². The van der Waals surface area contributed by atoms with Crippen molar-refractivity contribution >= 4 is 17.9 Å². The number of carbonyl (C=O) groups is 3. The van der Waals surface area contributed by atoms with Gasteiger partial charge in [-0.25, -0.2) is 0 Å². The van der Waals surface area contributed by atoms with Crippen molar-refractivity contribution in [2.45, 2.75) is 6.92 Å². The maximum absolute atomic E-state index is 11.9. The highest BCUT2D eigenvalue weighted by molar-refractivity contribution is 5.98. The standard InChI is InChI=1S/C15H14O5/c1-3(16)19-2-15-10-7-4-5-6(14(18)20-13(5)17)9(11(7)15)12(15)8(4)10/h4-12H,2H2,1H3/t4?,5-,6-,7-,8-,9?,10?,11+,12+,15?/m1/s1. The lowest BCUT2D eigenvalue weighted by Gasteiger charge is -2.98. The number of rotatable bonds is 2. The Balaban J connectivity index is 1.38. The highest BCUT2D eigenvalue weighted by Crippen LogP contribution is 2.98. The van der Waals surface area contributed by atoms with Gasteiger partial charge in [0.25, 0.3) is 0 Å². The molecular formula is C15H14O5. The molecule has 20 heavy (non-hydrogen) atoms. The van der Waals surface area contributed by atoms with Crippen LogP contribution < -0.4 is 0 Å². The van der Waals surface area contributed by atoms with Crippen LogP contribution in [0.1, 0.15) is 6.92 Å². The van der Waals surface area contributed by atoms with E-state index >= 15 is 0 Å². The topological polar surface area (TPSA) is 69.7 Å². The summed E-state index contributed by atoms with van der Waals surface area (Å²) >= 11 is 0. The van der Waals surface area contributed by atoms with Gasteiger partial charge >= 0.3 is 17.9 Å². The van der Waals surface area contributed by atoms with E-state index in [2.05, 4.69) is 0 Å². The van der Waals surface area contributed by atoms with Gasteiger partial charge in [-0.15, -0.1) is 0 Å². The molecule has 0 aromatic rings. The summed E-state index contributed by atoms with van der Waals surface area (Å²) in [5.74, 6) is 2.50. The van der Waals surface area contributed by atoms with Gasteiger partial charge < -0.3 is 9.47 Å². The first-order chi connectivity index (χ1) is 9.59. The maximum atomic E-state index is 11.9. The normalized spacial score (nSPS) is 65.0. The molecule has 6 atom stereocenters. The van der Waals surface area contributed by atoms with Crippen LogP contribution >= 0.6 is 0 Å². The summed E-state index contributed by atoms with van der Waals surface area (Å²) in [6.07, 6.45) is 0. The molecule has 2 bridgehead atoms. The fourth-order valence-corrected chi connectivity index (χ4v) is 7.73. The predicted octanol–water partition coefficient (Wildman–Crippen LogP) is 0.233. The Morgan fingerprint density at radius 3 is 2.20 bits per heavy atom. The molecule has 1 heterocycles. The molecule has 0 spiro atoms. The van der Waals surface area contributed by atoms with Crippen LogP contribution in [0.25, 0.3) is 0 Å². The van der Waals surface area contributed by atoms with E-state index in [0.717, 1.165) is 0 Å². The number of esters is 3. The van der Waals surface area contributed by atoms with E-state index in [1.165, 1.54) is 6.92 Å². The molecule has 1 aliphatic heterocycles. The van der Waals surface area contributed by atoms with Crippen LogP contribution in [-0.2, 0) is 23.9 Å². The molecule has 0 amide bonds. The van der Waals surface area contributed by atoms with Gasteiger partial charge in [0.1, 0.15) is 0 Å². The van der Waals surface area contributed by atoms with E-state index in [-0.39, 0.29) is 35.2 Å². The van der Waals surface area contributed by atoms with Crippen LogP contribution in [0.2, 0.25) is 0 Å². The highest BCUT2D eigenvalue weighted by atomic mass is 16.6. The molecule has 0 aromatic carbocycles. The molecule has 104 valence electrons. The van der Waals surface area contributed by atoms with Gasteiger partial charge in [-0.05, 0) is 41.4 Å². The summed E-state index contributed by atoms with van der Waals surface area (Å²) in [6.45, 7) is 1.98. The van der Waals surface area contributed by atoms with E-state index in [4.69, 9.17) is 9.47 Å². The maximum Gasteiger partial charge on any atom is 0.317 e. The molecular weight excluding hydrogens is 260 g/mol. The zero-order valence-electron chi connectivity index (χ0n) is 10.9. The second-order valence-electron chi connectivity index (χ2n) is 7.57. The van der Waals surface area contributed by atoms with Gasteiger partial charge in [-0.3, -0.25) is 14.4 Å². The third-order valence-corrected chi connectivity index (χ3v) is 7.73. The number of hydrogen-bond acceptors (Lipinski definition) is 5. The summed E-state index contributed by atoms with van der Waals surface area (Å²) in [5, 5.41) is 0. The van der Waals surface area contributed by atoms with Crippen molar-refractivity contribution in [2.24, 2.45) is 58.7 Å². The zero-order valence-corrected chi connectivity index (χ0v) is 10.9. The quantitative estimate of drug-likeness (QED) is 0.532. The fraction of sp³-hybridized carbons (Fsp3) is 0.800. The van der Waals surface area contributed by atoms with Crippen molar-refractivity contribution in [3.05, 3.63) is 0 Å². The van der Waals surface area contributed by atoms with E-state index < -0.39 is 0 Å². The van der Waals surface area contributed by atoms with Crippen LogP contribution in [0.4, 0.5) is 0 Å². The molecule has 0 aromatic heterocycles. The molecule has 6 saturated carbocycles. The van der Waals surface area contributed by atoms with Crippen molar-refractivity contribution in [1.29, 1.82) is 0 Å². The molecule has 5 heteroatoms. The van der Waals surface area contributed by atoms with Gasteiger partial charge in [0.2, 0.25) is 0 Å². The van der Waals surface area contributed by atoms with Crippen LogP contribution in [0, 0.1) is 58.7 Å². The first-order valence-corrected chi connectivity index (χ1v) is 7.48. The summed E-state index contributed by atoms with van der Waals surface area (Å²) in [6, 6.07) is 0. The fourth-order valence-electron chi connectivity index (χ4n) is 7.73. The number of carbonyl (C=O) groups excluding carboxylic acids is 3. The molecule has 1 saturated heterocycles. The Morgan fingerprint density at radius 1 is 1.05 bits per heavy atom. The van der Waals surface area contributed by atoms with Crippen LogP contribution in [-0.4, -0.2) is 24.5 Å². The minimum absolute atomic E-state index is 0.140. The first kappa shape index (κ1) is 10.4. The van der Waals surface area contributed by atoms with E-state index in [9.17, 15) is 14.4 Å². The second-order valence-corrected chi connectivity index (χ2v) is 7.57. The third-order valence-electron chi connectivity index (χ3n) is 7.73. The second kappa shape index (κ2) is 2.55. The monoisotopic (exact) mass is 274 g/mol. The van der Waals surface area contributed by atoms with E-state index in [1.54, 1.807) is 0 Å². The largest absolute Gasteiger partial charge is 0.465 e. The number of hydrogen-bond donors (Lipinski definition) is 0. The zero-order chi connectivity index (χ0) is 13.5. The molecule has 0 N–H and O–H groups in total. The molecule has 7 aliphatic rings. The van der Waals surface area contributed by atoms with Crippen molar-refractivity contribution in [2.75, 3.05) is 6.61 Å². The molecule has 0 unspecified atom stereocenters. The minimum Gasteiger partial charge on any atom is -0.465 e. The SMILES string of the molecule is CC(=O)OCC12C3[C@H]4C5[C@H]3[C@H]1C([C@H]42)[C@@H]1C(=O)OC(=O)[C@H]51. The summed E-state index contributed by atoms with van der Waals surface area (Å²) in [7, 11) is 0. The van der Waals surface area contributed by atoms with E-state index in [1.807, 2.05) is 0 Å². The van der Waals surface area contributed by atoms with Crippen LogP contribution in [0.5, 0.6) is 0 Å². The lowest BCUT2D eigenvalue weighted by atomic mass is 9.04. The lowest BCUT2D eigenvalue weighted by Crippen LogP contribution is -2.98. The van der Waals surface area contributed by atoms with Gasteiger partial charge in [0, 0.05) is 12.3 Å². The Labute approximate surface area is 115 Å². The number of cyclic esters (lactones) is 2. The Bertz CT molecular complexity index is 604. The van der Waals surface area contributed by atoms with Crippen molar-refractivity contribution in [3.8, 4) is 0 Å². The van der Waals surface area contributed by atoms with Crippen molar-refractivity contribution in [1.82, 2.24) is 0 Å². The Kier molecular flexibility index (Phi) is 1.32. The Morgan fingerprint density at radius 2 is 1.60 bits per heavy atom. The smallest absolute Gasteiger partial charge is 0.317 e. The van der Waals surface area contributed by atoms with Gasteiger partial charge in [-0.2, -0.15) is 0 Å². The summed E-state index contributed by atoms with van der Waals surface area (Å²) in [4.78, 5) is 34.9. The Hall–Kier alpha value is -1.39. The third kappa shape index (κ3) is 0.655. The summed E-state index contributed by atoms with van der Waals surface area (Å²) in [5.41, 5.74) is 0.180.